The van der Waals surface area contributed by atoms with Crippen LogP contribution in [0.5, 0.6) is 0 Å². The van der Waals surface area contributed by atoms with Crippen LogP contribution in [0.25, 0.3) is 0 Å². The zero-order valence-electron chi connectivity index (χ0n) is 14.2. The van der Waals surface area contributed by atoms with Crippen molar-refractivity contribution in [3.05, 3.63) is 24.2 Å². The molecule has 2 amide bonds. The lowest BCUT2D eigenvalue weighted by Crippen LogP contribution is -2.49. The Morgan fingerprint density at radius 1 is 1.30 bits per heavy atom. The fourth-order valence-electron chi connectivity index (χ4n) is 2.66. The first-order valence-electron chi connectivity index (χ1n) is 8.11. The number of amides is 2. The van der Waals surface area contributed by atoms with Crippen molar-refractivity contribution in [1.82, 2.24) is 20.4 Å². The molecule has 23 heavy (non-hydrogen) atoms. The van der Waals surface area contributed by atoms with Gasteiger partial charge in [0.25, 0.3) is 0 Å². The largest absolute Gasteiger partial charge is 0.468 e. The van der Waals surface area contributed by atoms with E-state index in [2.05, 4.69) is 22.5 Å². The number of hydrogen-bond acceptors (Lipinski definition) is 5. The van der Waals surface area contributed by atoms with Crippen molar-refractivity contribution >= 4 is 6.03 Å². The van der Waals surface area contributed by atoms with Gasteiger partial charge in [-0.1, -0.05) is 0 Å². The van der Waals surface area contributed by atoms with Crippen LogP contribution in [0.4, 0.5) is 4.79 Å². The van der Waals surface area contributed by atoms with Gasteiger partial charge in [-0.2, -0.15) is 0 Å². The predicted octanol–water partition coefficient (Wildman–Crippen LogP) is 0.902. The number of carbonyl (C=O) groups is 1. The summed E-state index contributed by atoms with van der Waals surface area (Å²) in [4.78, 5) is 16.4. The van der Waals surface area contributed by atoms with Crippen LogP contribution in [-0.4, -0.2) is 75.4 Å². The zero-order chi connectivity index (χ0) is 16.7. The first-order valence-corrected chi connectivity index (χ1v) is 8.11. The molecule has 7 heteroatoms. The molecule has 0 bridgehead atoms. The van der Waals surface area contributed by atoms with E-state index in [9.17, 15) is 4.79 Å². The Morgan fingerprint density at radius 2 is 2.00 bits per heavy atom. The van der Waals surface area contributed by atoms with E-state index in [4.69, 9.17) is 9.15 Å². The third kappa shape index (κ3) is 5.53. The highest BCUT2D eigenvalue weighted by molar-refractivity contribution is 5.73. The highest BCUT2D eigenvalue weighted by Crippen LogP contribution is 2.17. The number of rotatable bonds is 7. The molecule has 2 rings (SSSR count). The number of furan rings is 1. The van der Waals surface area contributed by atoms with Crippen molar-refractivity contribution in [3.8, 4) is 0 Å². The van der Waals surface area contributed by atoms with Gasteiger partial charge >= 0.3 is 6.03 Å². The van der Waals surface area contributed by atoms with Crippen LogP contribution in [-0.2, 0) is 4.74 Å². The minimum Gasteiger partial charge on any atom is -0.468 e. The average molecular weight is 324 g/mol. The Kier molecular flexibility index (Phi) is 6.88. The van der Waals surface area contributed by atoms with Crippen molar-refractivity contribution in [1.29, 1.82) is 0 Å². The van der Waals surface area contributed by atoms with E-state index in [-0.39, 0.29) is 12.1 Å². The molecular weight excluding hydrogens is 296 g/mol. The van der Waals surface area contributed by atoms with E-state index >= 15 is 0 Å². The summed E-state index contributed by atoms with van der Waals surface area (Å²) >= 11 is 0. The van der Waals surface area contributed by atoms with Crippen LogP contribution in [0.3, 0.4) is 0 Å². The Hall–Kier alpha value is -1.57. The SMILES string of the molecule is C[C@@H](CNC(=O)NC[C@@H](c1ccco1)N(C)C)N1CCOCC1. The second-order valence-corrected chi connectivity index (χ2v) is 6.08. The number of morpholine rings is 1. The molecule has 0 saturated carbocycles. The average Bonchev–Trinajstić information content (AvgIpc) is 3.07. The first-order chi connectivity index (χ1) is 11.1. The fourth-order valence-corrected chi connectivity index (χ4v) is 2.66. The van der Waals surface area contributed by atoms with Crippen LogP contribution >= 0.6 is 0 Å². The number of likely N-dealkylation sites (N-methyl/N-ethyl adjacent to an activating group) is 1. The van der Waals surface area contributed by atoms with E-state index in [1.807, 2.05) is 31.1 Å². The lowest BCUT2D eigenvalue weighted by Gasteiger charge is -2.32. The Bertz CT molecular complexity index is 458. The zero-order valence-corrected chi connectivity index (χ0v) is 14.2. The third-order valence-electron chi connectivity index (χ3n) is 4.18. The highest BCUT2D eigenvalue weighted by atomic mass is 16.5. The molecule has 1 fully saturated rings. The van der Waals surface area contributed by atoms with Crippen molar-refractivity contribution in [2.75, 3.05) is 53.5 Å². The molecule has 2 heterocycles. The van der Waals surface area contributed by atoms with Crippen LogP contribution in [0.15, 0.2) is 22.8 Å². The van der Waals surface area contributed by atoms with E-state index < -0.39 is 0 Å². The summed E-state index contributed by atoms with van der Waals surface area (Å²) in [6.45, 7) is 6.63. The van der Waals surface area contributed by atoms with Crippen molar-refractivity contribution in [3.63, 3.8) is 0 Å². The molecule has 1 aromatic rings. The van der Waals surface area contributed by atoms with Gasteiger partial charge in [0.05, 0.1) is 25.5 Å². The van der Waals surface area contributed by atoms with Gasteiger partial charge in [0.2, 0.25) is 0 Å². The minimum absolute atomic E-state index is 0.0208. The number of nitrogens with zero attached hydrogens (tertiary/aromatic N) is 2. The summed E-state index contributed by atoms with van der Waals surface area (Å²) in [5, 5.41) is 5.85. The lowest BCUT2D eigenvalue weighted by molar-refractivity contribution is 0.0209. The second-order valence-electron chi connectivity index (χ2n) is 6.08. The van der Waals surface area contributed by atoms with Crippen LogP contribution in [0.1, 0.15) is 18.7 Å². The number of hydrogen-bond donors (Lipinski definition) is 2. The van der Waals surface area contributed by atoms with E-state index in [1.54, 1.807) is 6.26 Å². The molecule has 0 unspecified atom stereocenters. The molecule has 130 valence electrons. The molecule has 1 saturated heterocycles. The second kappa shape index (κ2) is 8.90. The molecule has 0 spiro atoms. The maximum absolute atomic E-state index is 12.0. The van der Waals surface area contributed by atoms with Crippen molar-refractivity contribution in [2.45, 2.75) is 19.0 Å². The fraction of sp³-hybridized carbons (Fsp3) is 0.688. The summed E-state index contributed by atoms with van der Waals surface area (Å²) in [5.41, 5.74) is 0. The lowest BCUT2D eigenvalue weighted by atomic mass is 10.2. The van der Waals surface area contributed by atoms with Crippen LogP contribution < -0.4 is 10.6 Å². The normalized spacial score (nSPS) is 18.6. The number of nitrogens with one attached hydrogen (secondary N) is 2. The first kappa shape index (κ1) is 17.8. The van der Waals surface area contributed by atoms with Gasteiger partial charge in [-0.05, 0) is 33.2 Å². The van der Waals surface area contributed by atoms with Gasteiger partial charge in [0.15, 0.2) is 0 Å². The quantitative estimate of drug-likeness (QED) is 0.780. The summed E-state index contributed by atoms with van der Waals surface area (Å²) in [6.07, 6.45) is 1.65. The third-order valence-corrected chi connectivity index (χ3v) is 4.18. The molecule has 2 atom stereocenters. The molecule has 0 aromatic carbocycles. The van der Waals surface area contributed by atoms with E-state index in [1.165, 1.54) is 0 Å². The summed E-state index contributed by atoms with van der Waals surface area (Å²) in [6, 6.07) is 3.95. The standard InChI is InChI=1S/C16H28N4O3/c1-13(20-6-9-22-10-7-20)11-17-16(21)18-12-14(19(2)3)15-5-4-8-23-15/h4-5,8,13-14H,6-7,9-12H2,1-3H3,(H2,17,18,21)/t13-,14-/m0/s1. The topological polar surface area (TPSA) is 70.0 Å². The summed E-state index contributed by atoms with van der Waals surface area (Å²) in [5.74, 6) is 0.844. The Morgan fingerprint density at radius 3 is 2.61 bits per heavy atom. The molecular formula is C16H28N4O3. The van der Waals surface area contributed by atoms with Gasteiger partial charge in [0.1, 0.15) is 5.76 Å². The van der Waals surface area contributed by atoms with Crippen molar-refractivity contribution in [2.24, 2.45) is 0 Å². The molecule has 1 aromatic heterocycles. The van der Waals surface area contributed by atoms with Crippen LogP contribution in [0, 0.1) is 0 Å². The molecule has 2 N–H and O–H groups in total. The van der Waals surface area contributed by atoms with Crippen LogP contribution in [0.2, 0.25) is 0 Å². The maximum atomic E-state index is 12.0. The number of carbonyl (C=O) groups excluding carboxylic acids is 1. The van der Waals surface area contributed by atoms with E-state index in [0.29, 0.717) is 19.1 Å². The summed E-state index contributed by atoms with van der Waals surface area (Å²) in [7, 11) is 3.93. The summed E-state index contributed by atoms with van der Waals surface area (Å²) < 4.78 is 10.8. The van der Waals surface area contributed by atoms with Gasteiger partial charge < -0.3 is 19.8 Å². The van der Waals surface area contributed by atoms with Gasteiger partial charge in [-0.15, -0.1) is 0 Å². The molecule has 0 radical (unpaired) electrons. The minimum atomic E-state index is -0.150. The monoisotopic (exact) mass is 324 g/mol. The predicted molar refractivity (Wildman–Crippen MR) is 88.4 cm³/mol. The smallest absolute Gasteiger partial charge is 0.314 e. The maximum Gasteiger partial charge on any atom is 0.314 e. The molecule has 1 aliphatic heterocycles. The number of ether oxygens (including phenoxy) is 1. The van der Waals surface area contributed by atoms with Gasteiger partial charge in [-0.25, -0.2) is 4.79 Å². The Balaban J connectivity index is 1.71. The van der Waals surface area contributed by atoms with Gasteiger partial charge in [-0.3, -0.25) is 9.80 Å². The van der Waals surface area contributed by atoms with E-state index in [0.717, 1.165) is 32.1 Å². The van der Waals surface area contributed by atoms with Crippen molar-refractivity contribution < 1.29 is 13.9 Å². The molecule has 1 aliphatic rings. The number of urea groups is 1. The van der Waals surface area contributed by atoms with Gasteiger partial charge in [0, 0.05) is 32.2 Å². The Labute approximate surface area is 137 Å². The highest BCUT2D eigenvalue weighted by Gasteiger charge is 2.19. The molecule has 0 aliphatic carbocycles. The molecule has 7 nitrogen and oxygen atoms in total.